The highest BCUT2D eigenvalue weighted by Gasteiger charge is 2.34. The number of anilines is 1. The molecule has 0 bridgehead atoms. The van der Waals surface area contributed by atoms with Crippen LogP contribution in [-0.4, -0.2) is 36.5 Å². The molecule has 0 radical (unpaired) electrons. The molecule has 0 aliphatic heterocycles. The Morgan fingerprint density at radius 1 is 1.19 bits per heavy atom. The van der Waals surface area contributed by atoms with E-state index in [2.05, 4.69) is 14.7 Å². The van der Waals surface area contributed by atoms with Gasteiger partial charge in [-0.2, -0.15) is 13.2 Å². The Labute approximate surface area is 203 Å². The van der Waals surface area contributed by atoms with E-state index < -0.39 is 32.4 Å². The molecule has 0 saturated heterocycles. The van der Waals surface area contributed by atoms with Crippen LogP contribution in [0.4, 0.5) is 18.9 Å². The van der Waals surface area contributed by atoms with Crippen molar-refractivity contribution in [3.63, 3.8) is 0 Å². The van der Waals surface area contributed by atoms with E-state index in [1.54, 1.807) is 6.92 Å². The van der Waals surface area contributed by atoms with Crippen molar-refractivity contribution in [2.45, 2.75) is 24.9 Å². The summed E-state index contributed by atoms with van der Waals surface area (Å²) >= 11 is 0. The SMILES string of the molecule is COc1c[n+](O)c2[nH]ccc2c1C(=O)c1ncc(C)cc1NS(=O)(=O)c1ccc(C)c(C(F)(F)F)c1. The first-order chi connectivity index (χ1) is 16.8. The second kappa shape index (κ2) is 8.82. The molecule has 3 heterocycles. The maximum absolute atomic E-state index is 13.6. The van der Waals surface area contributed by atoms with Crippen molar-refractivity contribution in [2.24, 2.45) is 0 Å². The number of aromatic nitrogens is 3. The van der Waals surface area contributed by atoms with Crippen LogP contribution in [0.5, 0.6) is 5.75 Å². The lowest BCUT2D eigenvalue weighted by Gasteiger charge is -2.15. The van der Waals surface area contributed by atoms with Crippen molar-refractivity contribution in [1.82, 2.24) is 9.97 Å². The summed E-state index contributed by atoms with van der Waals surface area (Å²) in [6.07, 6.45) is -0.782. The van der Waals surface area contributed by atoms with Crippen LogP contribution in [0, 0.1) is 13.8 Å². The van der Waals surface area contributed by atoms with Crippen LogP contribution in [0.2, 0.25) is 0 Å². The van der Waals surface area contributed by atoms with Gasteiger partial charge in [0.25, 0.3) is 10.0 Å². The highest BCUT2D eigenvalue weighted by atomic mass is 32.2. The van der Waals surface area contributed by atoms with Crippen LogP contribution in [0.1, 0.15) is 32.7 Å². The Kier molecular flexibility index (Phi) is 6.12. The summed E-state index contributed by atoms with van der Waals surface area (Å²) in [7, 11) is -3.26. The zero-order valence-electron chi connectivity index (χ0n) is 19.1. The molecule has 0 atom stereocenters. The number of rotatable bonds is 6. The zero-order valence-corrected chi connectivity index (χ0v) is 20.0. The number of aromatic amines is 1. The van der Waals surface area contributed by atoms with Crippen molar-refractivity contribution >= 4 is 32.5 Å². The first kappa shape index (κ1) is 25.0. The van der Waals surface area contributed by atoms with E-state index in [9.17, 15) is 31.6 Å². The van der Waals surface area contributed by atoms with Crippen LogP contribution < -0.4 is 14.2 Å². The van der Waals surface area contributed by atoms with Crippen molar-refractivity contribution in [3.8, 4) is 5.75 Å². The molecule has 0 saturated carbocycles. The third-order valence-electron chi connectivity index (χ3n) is 5.47. The first-order valence-electron chi connectivity index (χ1n) is 10.3. The van der Waals surface area contributed by atoms with Gasteiger partial charge in [-0.25, -0.2) is 13.4 Å². The van der Waals surface area contributed by atoms with Gasteiger partial charge in [-0.1, -0.05) is 6.07 Å². The van der Waals surface area contributed by atoms with Crippen LogP contribution in [0.3, 0.4) is 0 Å². The van der Waals surface area contributed by atoms with Crippen LogP contribution in [0.15, 0.2) is 53.8 Å². The number of methoxy groups -OCH3 is 1. The fraction of sp³-hybridized carbons (Fsp3) is 0.174. The van der Waals surface area contributed by atoms with Crippen molar-refractivity contribution < 1.29 is 41.1 Å². The second-order valence-electron chi connectivity index (χ2n) is 7.97. The number of nitrogens with zero attached hydrogens (tertiary/aromatic N) is 2. The molecule has 3 N–H and O–H groups in total. The van der Waals surface area contributed by atoms with Gasteiger partial charge in [0, 0.05) is 6.20 Å². The molecule has 36 heavy (non-hydrogen) atoms. The average molecular weight is 521 g/mol. The molecule has 0 aliphatic rings. The Balaban J connectivity index is 1.83. The Hall–Kier alpha value is -4.13. The molecule has 0 amide bonds. The Bertz CT molecular complexity index is 1610. The average Bonchev–Trinajstić information content (AvgIpc) is 3.28. The monoisotopic (exact) mass is 521 g/mol. The van der Waals surface area contributed by atoms with Crippen molar-refractivity contribution in [3.05, 3.63) is 76.9 Å². The normalized spacial score (nSPS) is 12.1. The number of ether oxygens (including phenoxy) is 1. The van der Waals surface area contributed by atoms with Gasteiger partial charge >= 0.3 is 11.8 Å². The summed E-state index contributed by atoms with van der Waals surface area (Å²) in [5.74, 6) is -0.756. The number of hydrogen-bond acceptors (Lipinski definition) is 6. The molecular weight excluding hydrogens is 501 g/mol. The van der Waals surface area contributed by atoms with Gasteiger partial charge in [-0.15, -0.1) is 0 Å². The predicted molar refractivity (Wildman–Crippen MR) is 122 cm³/mol. The van der Waals surface area contributed by atoms with E-state index in [0.29, 0.717) is 11.6 Å². The van der Waals surface area contributed by atoms with E-state index in [-0.39, 0.29) is 39.3 Å². The zero-order chi connectivity index (χ0) is 26.4. The third kappa shape index (κ3) is 4.44. The number of H-pyrrole nitrogens is 1. The van der Waals surface area contributed by atoms with Gasteiger partial charge in [0.05, 0.1) is 40.4 Å². The minimum atomic E-state index is -4.75. The van der Waals surface area contributed by atoms with E-state index in [1.165, 1.54) is 38.6 Å². The highest BCUT2D eigenvalue weighted by Crippen LogP contribution is 2.34. The van der Waals surface area contributed by atoms with Gasteiger partial charge in [0.1, 0.15) is 5.69 Å². The van der Waals surface area contributed by atoms with E-state index in [1.807, 2.05) is 0 Å². The number of carbonyl (C=O) groups excluding carboxylic acids is 1. The standard InChI is InChI=1S/C23H19F3N4O5S/c1-12-8-17(29-36(33,34)14-5-4-13(2)16(9-14)23(24,25)26)20(28-10-12)21(31)19-15-6-7-27-22(15)30(32)11-18(19)35-3/h4-11,32H,1-3H3,(H,29,31)/p+1. The maximum Gasteiger partial charge on any atom is 0.416 e. The number of hydrogen-bond donors (Lipinski definition) is 3. The van der Waals surface area contributed by atoms with Crippen molar-refractivity contribution in [2.75, 3.05) is 11.8 Å². The molecule has 3 aromatic heterocycles. The summed E-state index contributed by atoms with van der Waals surface area (Å²) in [6.45, 7) is 2.83. The number of aryl methyl sites for hydroxylation is 2. The second-order valence-corrected chi connectivity index (χ2v) is 9.66. The number of ketones is 1. The number of halogens is 3. The summed E-state index contributed by atoms with van der Waals surface area (Å²) in [5.41, 5.74) is -1.13. The number of benzene rings is 1. The molecule has 1 aromatic carbocycles. The van der Waals surface area contributed by atoms with Gasteiger partial charge in [-0.05, 0) is 54.0 Å². The fourth-order valence-corrected chi connectivity index (χ4v) is 4.82. The van der Waals surface area contributed by atoms with Gasteiger partial charge in [-0.3, -0.25) is 14.5 Å². The Morgan fingerprint density at radius 3 is 2.58 bits per heavy atom. The van der Waals surface area contributed by atoms with Crippen molar-refractivity contribution in [1.29, 1.82) is 0 Å². The lowest BCUT2D eigenvalue weighted by molar-refractivity contribution is -0.886. The number of alkyl halides is 3. The lowest BCUT2D eigenvalue weighted by Crippen LogP contribution is -2.32. The minimum absolute atomic E-state index is 0.00876. The molecule has 0 unspecified atom stereocenters. The van der Waals surface area contributed by atoms with E-state index in [0.717, 1.165) is 23.1 Å². The van der Waals surface area contributed by atoms with E-state index in [4.69, 9.17) is 4.74 Å². The number of carbonyl (C=O) groups is 1. The summed E-state index contributed by atoms with van der Waals surface area (Å²) in [5, 5.41) is 10.4. The minimum Gasteiger partial charge on any atom is -0.492 e. The number of pyridine rings is 2. The number of fused-ring (bicyclic) bond motifs is 1. The Morgan fingerprint density at radius 2 is 1.92 bits per heavy atom. The molecule has 0 fully saturated rings. The predicted octanol–water partition coefficient (Wildman–Crippen LogP) is 3.76. The largest absolute Gasteiger partial charge is 0.492 e. The fourth-order valence-electron chi connectivity index (χ4n) is 3.74. The van der Waals surface area contributed by atoms with E-state index >= 15 is 0 Å². The molecule has 13 heteroatoms. The molecule has 0 spiro atoms. The smallest absolute Gasteiger partial charge is 0.416 e. The van der Waals surface area contributed by atoms with Crippen LogP contribution >= 0.6 is 0 Å². The molecule has 188 valence electrons. The number of sulfonamides is 1. The van der Waals surface area contributed by atoms with Gasteiger partial charge in [0.15, 0.2) is 11.9 Å². The quantitative estimate of drug-likeness (QED) is 0.202. The third-order valence-corrected chi connectivity index (χ3v) is 6.83. The topological polar surface area (TPSA) is 125 Å². The van der Waals surface area contributed by atoms with Crippen LogP contribution in [-0.2, 0) is 16.2 Å². The molecule has 0 aliphatic carbocycles. The summed E-state index contributed by atoms with van der Waals surface area (Å²) < 4.78 is 74.4. The maximum atomic E-state index is 13.6. The molecule has 4 aromatic rings. The first-order valence-corrected chi connectivity index (χ1v) is 11.8. The van der Waals surface area contributed by atoms with Gasteiger partial charge < -0.3 is 9.94 Å². The molecule has 4 rings (SSSR count). The van der Waals surface area contributed by atoms with Gasteiger partial charge in [0.2, 0.25) is 5.78 Å². The highest BCUT2D eigenvalue weighted by molar-refractivity contribution is 7.92. The number of nitrogens with one attached hydrogen (secondary N) is 2. The molecular formula is C23H20F3N4O5S+. The summed E-state index contributed by atoms with van der Waals surface area (Å²) in [6, 6.07) is 5.49. The summed E-state index contributed by atoms with van der Waals surface area (Å²) in [4.78, 5) is 19.8. The van der Waals surface area contributed by atoms with Crippen LogP contribution in [0.25, 0.3) is 11.0 Å². The lowest BCUT2D eigenvalue weighted by atomic mass is 10.0. The molecule has 9 nitrogen and oxygen atoms in total.